The van der Waals surface area contributed by atoms with Crippen LogP contribution in [0.1, 0.15) is 10.4 Å². The molecule has 2 nitrogen and oxygen atoms in total. The zero-order valence-corrected chi connectivity index (χ0v) is 5.99. The quantitative estimate of drug-likeness (QED) is 0.484. The maximum absolute atomic E-state index is 10.2. The molecule has 0 amide bonds. The molecule has 0 aliphatic heterocycles. The zero-order valence-electron chi connectivity index (χ0n) is 5.99. The van der Waals surface area contributed by atoms with Crippen molar-refractivity contribution >= 4 is 6.29 Å². The molecule has 0 radical (unpaired) electrons. The Morgan fingerprint density at radius 3 is 2.36 bits per heavy atom. The van der Waals surface area contributed by atoms with Crippen molar-refractivity contribution in [1.82, 2.24) is 0 Å². The van der Waals surface area contributed by atoms with Crippen LogP contribution in [-0.4, -0.2) is 6.29 Å². The van der Waals surface area contributed by atoms with Crippen LogP contribution in [0.3, 0.4) is 0 Å². The van der Waals surface area contributed by atoms with Gasteiger partial charge in [-0.3, -0.25) is 4.79 Å². The Bertz CT molecular complexity index is 249. The van der Waals surface area contributed by atoms with Gasteiger partial charge in [-0.1, -0.05) is 6.58 Å². The van der Waals surface area contributed by atoms with Crippen molar-refractivity contribution in [3.63, 3.8) is 0 Å². The summed E-state index contributed by atoms with van der Waals surface area (Å²) in [7, 11) is 0. The number of carbonyl (C=O) groups excluding carboxylic acids is 1. The van der Waals surface area contributed by atoms with Crippen molar-refractivity contribution in [2.24, 2.45) is 0 Å². The molecule has 11 heavy (non-hydrogen) atoms. The molecule has 56 valence electrons. The normalized spacial score (nSPS) is 8.73. The summed E-state index contributed by atoms with van der Waals surface area (Å²) in [5.41, 5.74) is 0.640. The van der Waals surface area contributed by atoms with E-state index in [0.717, 1.165) is 6.29 Å². The van der Waals surface area contributed by atoms with E-state index in [1.165, 1.54) is 6.26 Å². The van der Waals surface area contributed by atoms with Gasteiger partial charge in [0.05, 0.1) is 6.26 Å². The van der Waals surface area contributed by atoms with E-state index >= 15 is 0 Å². The summed E-state index contributed by atoms with van der Waals surface area (Å²) in [5, 5.41) is 0. The fraction of sp³-hybridized carbons (Fsp3) is 0. The summed E-state index contributed by atoms with van der Waals surface area (Å²) in [6.07, 6.45) is 2.13. The molecule has 0 fully saturated rings. The average Bonchev–Trinajstić information content (AvgIpc) is 2.07. The lowest BCUT2D eigenvalue weighted by Gasteiger charge is -1.97. The Balaban J connectivity index is 2.81. The summed E-state index contributed by atoms with van der Waals surface area (Å²) in [6.45, 7) is 3.41. The first kappa shape index (κ1) is 7.54. The molecule has 1 aromatic carbocycles. The van der Waals surface area contributed by atoms with E-state index in [1.807, 2.05) is 0 Å². The van der Waals surface area contributed by atoms with Crippen LogP contribution in [0.25, 0.3) is 0 Å². The van der Waals surface area contributed by atoms with Crippen LogP contribution in [0.5, 0.6) is 5.75 Å². The smallest absolute Gasteiger partial charge is 0.150 e. The highest BCUT2D eigenvalue weighted by Gasteiger charge is 1.90. The number of hydrogen-bond acceptors (Lipinski definition) is 2. The Labute approximate surface area is 65.1 Å². The van der Waals surface area contributed by atoms with E-state index < -0.39 is 0 Å². The molecule has 2 heteroatoms. The highest BCUT2D eigenvalue weighted by molar-refractivity contribution is 5.74. The minimum atomic E-state index is 0.640. The van der Waals surface area contributed by atoms with Crippen molar-refractivity contribution in [3.8, 4) is 5.75 Å². The molecule has 0 aliphatic carbocycles. The van der Waals surface area contributed by atoms with Gasteiger partial charge in [0, 0.05) is 5.56 Å². The molecule has 0 aliphatic rings. The topological polar surface area (TPSA) is 26.3 Å². The first-order valence-electron chi connectivity index (χ1n) is 3.19. The van der Waals surface area contributed by atoms with Gasteiger partial charge < -0.3 is 4.74 Å². The van der Waals surface area contributed by atoms with Crippen LogP contribution in [0, 0.1) is 0 Å². The highest BCUT2D eigenvalue weighted by atomic mass is 16.5. The molecule has 0 atom stereocenters. The fourth-order valence-corrected chi connectivity index (χ4v) is 0.721. The van der Waals surface area contributed by atoms with Gasteiger partial charge >= 0.3 is 0 Å². The second-order valence-corrected chi connectivity index (χ2v) is 1.97. The minimum Gasteiger partial charge on any atom is -0.466 e. The lowest BCUT2D eigenvalue weighted by molar-refractivity contribution is 0.112. The Hall–Kier alpha value is -1.57. The molecular weight excluding hydrogens is 140 g/mol. The highest BCUT2D eigenvalue weighted by Crippen LogP contribution is 2.10. The van der Waals surface area contributed by atoms with Crippen LogP contribution < -0.4 is 4.74 Å². The molecule has 1 rings (SSSR count). The van der Waals surface area contributed by atoms with Crippen LogP contribution in [0.4, 0.5) is 0 Å². The van der Waals surface area contributed by atoms with E-state index in [9.17, 15) is 4.79 Å². The van der Waals surface area contributed by atoms with Gasteiger partial charge in [-0.2, -0.15) is 0 Å². The van der Waals surface area contributed by atoms with Crippen molar-refractivity contribution in [2.75, 3.05) is 0 Å². The van der Waals surface area contributed by atoms with Crippen molar-refractivity contribution in [3.05, 3.63) is 42.7 Å². The predicted molar refractivity (Wildman–Crippen MR) is 42.7 cm³/mol. The monoisotopic (exact) mass is 148 g/mol. The van der Waals surface area contributed by atoms with E-state index in [1.54, 1.807) is 24.3 Å². The molecule has 0 saturated carbocycles. The zero-order chi connectivity index (χ0) is 8.10. The van der Waals surface area contributed by atoms with Gasteiger partial charge in [-0.25, -0.2) is 0 Å². The van der Waals surface area contributed by atoms with Crippen LogP contribution in [0.2, 0.25) is 0 Å². The minimum absolute atomic E-state index is 0.640. The number of benzene rings is 1. The van der Waals surface area contributed by atoms with Crippen molar-refractivity contribution in [1.29, 1.82) is 0 Å². The summed E-state index contributed by atoms with van der Waals surface area (Å²) in [6, 6.07) is 6.80. The van der Waals surface area contributed by atoms with Crippen molar-refractivity contribution < 1.29 is 9.53 Å². The number of ether oxygens (including phenoxy) is 1. The standard InChI is InChI=1S/C9H8O2/c1-2-11-9-5-3-8(7-10)4-6-9/h2-7H,1H2. The molecule has 0 aromatic heterocycles. The third-order valence-corrected chi connectivity index (χ3v) is 1.24. The molecule has 0 unspecified atom stereocenters. The molecule has 0 bridgehead atoms. The van der Waals surface area contributed by atoms with Gasteiger partial charge in [-0.05, 0) is 24.3 Å². The molecule has 0 saturated heterocycles. The van der Waals surface area contributed by atoms with Crippen LogP contribution >= 0.6 is 0 Å². The van der Waals surface area contributed by atoms with E-state index in [0.29, 0.717) is 11.3 Å². The first-order chi connectivity index (χ1) is 5.36. The van der Waals surface area contributed by atoms with E-state index in [-0.39, 0.29) is 0 Å². The Morgan fingerprint density at radius 2 is 1.91 bits per heavy atom. The number of rotatable bonds is 3. The first-order valence-corrected chi connectivity index (χ1v) is 3.19. The maximum atomic E-state index is 10.2. The molecule has 0 spiro atoms. The SMILES string of the molecule is C=COc1ccc(C=O)cc1. The van der Waals surface area contributed by atoms with Gasteiger partial charge in [0.1, 0.15) is 12.0 Å². The molecule has 1 aromatic rings. The number of hydrogen-bond donors (Lipinski definition) is 0. The van der Waals surface area contributed by atoms with Gasteiger partial charge in [0.25, 0.3) is 0 Å². The summed E-state index contributed by atoms with van der Waals surface area (Å²) >= 11 is 0. The number of carbonyl (C=O) groups is 1. The van der Waals surface area contributed by atoms with Crippen LogP contribution in [0.15, 0.2) is 37.1 Å². The summed E-state index contributed by atoms with van der Waals surface area (Å²) < 4.78 is 4.95. The molecule has 0 heterocycles. The fourth-order valence-electron chi connectivity index (χ4n) is 0.721. The average molecular weight is 148 g/mol. The third-order valence-electron chi connectivity index (χ3n) is 1.24. The maximum Gasteiger partial charge on any atom is 0.150 e. The summed E-state index contributed by atoms with van der Waals surface area (Å²) in [5.74, 6) is 0.686. The number of aldehydes is 1. The van der Waals surface area contributed by atoms with Crippen molar-refractivity contribution in [2.45, 2.75) is 0 Å². The second-order valence-electron chi connectivity index (χ2n) is 1.97. The Morgan fingerprint density at radius 1 is 1.27 bits per heavy atom. The largest absolute Gasteiger partial charge is 0.466 e. The van der Waals surface area contributed by atoms with E-state index in [2.05, 4.69) is 6.58 Å². The third kappa shape index (κ3) is 1.93. The van der Waals surface area contributed by atoms with Gasteiger partial charge in [0.15, 0.2) is 0 Å². The molecule has 0 N–H and O–H groups in total. The predicted octanol–water partition coefficient (Wildman–Crippen LogP) is 2.02. The second kappa shape index (κ2) is 3.56. The summed E-state index contributed by atoms with van der Waals surface area (Å²) in [4.78, 5) is 10.2. The molecular formula is C9H8O2. The van der Waals surface area contributed by atoms with E-state index in [4.69, 9.17) is 4.74 Å². The lowest BCUT2D eigenvalue weighted by Crippen LogP contribution is -1.82. The Kier molecular flexibility index (Phi) is 2.44. The lowest BCUT2D eigenvalue weighted by atomic mass is 10.2. The van der Waals surface area contributed by atoms with Crippen LogP contribution in [-0.2, 0) is 0 Å². The van der Waals surface area contributed by atoms with Gasteiger partial charge in [-0.15, -0.1) is 0 Å². The van der Waals surface area contributed by atoms with Gasteiger partial charge in [0.2, 0.25) is 0 Å².